The third-order valence-corrected chi connectivity index (χ3v) is 7.09. The van der Waals surface area contributed by atoms with Crippen LogP contribution in [0.1, 0.15) is 21.5 Å². The van der Waals surface area contributed by atoms with Gasteiger partial charge in [-0.1, -0.05) is 35.4 Å². The van der Waals surface area contributed by atoms with Crippen molar-refractivity contribution in [1.29, 1.82) is 0 Å². The van der Waals surface area contributed by atoms with E-state index in [2.05, 4.69) is 10.6 Å². The van der Waals surface area contributed by atoms with Crippen LogP contribution in [0.25, 0.3) is 0 Å². The highest BCUT2D eigenvalue weighted by Gasteiger charge is 2.21. The zero-order valence-electron chi connectivity index (χ0n) is 18.4. The van der Waals surface area contributed by atoms with E-state index in [1.54, 1.807) is 36.4 Å². The highest BCUT2D eigenvalue weighted by atomic mass is 35.5. The monoisotopic (exact) mass is 485 g/mol. The summed E-state index contributed by atoms with van der Waals surface area (Å²) in [5.41, 5.74) is 3.08. The molecule has 0 bridgehead atoms. The number of benzene rings is 3. The molecule has 0 atom stereocenters. The maximum atomic E-state index is 12.8. The summed E-state index contributed by atoms with van der Waals surface area (Å²) in [7, 11) is -2.28. The van der Waals surface area contributed by atoms with Gasteiger partial charge in [-0.25, -0.2) is 8.42 Å². The number of rotatable bonds is 7. The molecule has 0 unspecified atom stereocenters. The van der Waals surface area contributed by atoms with Gasteiger partial charge in [0, 0.05) is 12.6 Å². The summed E-state index contributed by atoms with van der Waals surface area (Å²) in [6.45, 7) is 3.52. The predicted molar refractivity (Wildman–Crippen MR) is 130 cm³/mol. The number of anilines is 2. The van der Waals surface area contributed by atoms with Gasteiger partial charge in [0.15, 0.2) is 0 Å². The first kappa shape index (κ1) is 24.3. The quantitative estimate of drug-likeness (QED) is 0.525. The van der Waals surface area contributed by atoms with Crippen LogP contribution in [0.3, 0.4) is 0 Å². The SMILES string of the molecule is Cc1ccc(S(=O)(=O)N(C)c2ccc(C(=O)NCC(=O)Nc3ccc(C)cc3Cl)cc2)cc1. The normalized spacial score (nSPS) is 11.0. The molecule has 9 heteroatoms. The lowest BCUT2D eigenvalue weighted by atomic mass is 10.2. The van der Waals surface area contributed by atoms with Crippen LogP contribution < -0.4 is 14.9 Å². The average Bonchev–Trinajstić information content (AvgIpc) is 2.79. The van der Waals surface area contributed by atoms with Crippen LogP contribution in [0.15, 0.2) is 71.6 Å². The zero-order valence-corrected chi connectivity index (χ0v) is 20.0. The van der Waals surface area contributed by atoms with E-state index in [1.807, 2.05) is 19.9 Å². The van der Waals surface area contributed by atoms with Crippen LogP contribution >= 0.6 is 11.6 Å². The largest absolute Gasteiger partial charge is 0.343 e. The van der Waals surface area contributed by atoms with E-state index in [0.29, 0.717) is 22.0 Å². The van der Waals surface area contributed by atoms with Gasteiger partial charge >= 0.3 is 0 Å². The highest BCUT2D eigenvalue weighted by Crippen LogP contribution is 2.23. The minimum absolute atomic E-state index is 0.178. The Balaban J connectivity index is 1.61. The fourth-order valence-electron chi connectivity index (χ4n) is 3.01. The predicted octanol–water partition coefficient (Wildman–Crippen LogP) is 4.15. The molecule has 0 aliphatic rings. The third-order valence-electron chi connectivity index (χ3n) is 4.98. The molecule has 0 spiro atoms. The van der Waals surface area contributed by atoms with Crippen LogP contribution in [0.2, 0.25) is 5.02 Å². The zero-order chi connectivity index (χ0) is 24.2. The Morgan fingerprint density at radius 1 is 0.909 bits per heavy atom. The van der Waals surface area contributed by atoms with E-state index >= 15 is 0 Å². The Morgan fingerprint density at radius 2 is 1.52 bits per heavy atom. The van der Waals surface area contributed by atoms with E-state index in [-0.39, 0.29) is 11.4 Å². The Bertz CT molecular complexity index is 1270. The van der Waals surface area contributed by atoms with Crippen molar-refractivity contribution in [3.8, 4) is 0 Å². The second-order valence-corrected chi connectivity index (χ2v) is 9.92. The molecular weight excluding hydrogens is 462 g/mol. The molecule has 3 aromatic rings. The molecule has 2 N–H and O–H groups in total. The van der Waals surface area contributed by atoms with Crippen molar-refractivity contribution in [2.24, 2.45) is 0 Å². The summed E-state index contributed by atoms with van der Waals surface area (Å²) >= 11 is 6.10. The van der Waals surface area contributed by atoms with Crippen LogP contribution in [0.4, 0.5) is 11.4 Å². The number of nitrogens with one attached hydrogen (secondary N) is 2. The van der Waals surface area contributed by atoms with E-state index < -0.39 is 21.8 Å². The number of halogens is 1. The second-order valence-electron chi connectivity index (χ2n) is 7.55. The molecule has 0 heterocycles. The average molecular weight is 486 g/mol. The first-order valence-electron chi connectivity index (χ1n) is 10.1. The number of nitrogens with zero attached hydrogens (tertiary/aromatic N) is 1. The molecular formula is C24H24ClN3O4S. The molecule has 0 saturated carbocycles. The van der Waals surface area contributed by atoms with Gasteiger partial charge in [0.1, 0.15) is 0 Å². The van der Waals surface area contributed by atoms with Gasteiger partial charge in [-0.05, 0) is 67.9 Å². The van der Waals surface area contributed by atoms with Gasteiger partial charge in [0.25, 0.3) is 15.9 Å². The number of amides is 2. The Kier molecular flexibility index (Phi) is 7.40. The standard InChI is InChI=1S/C24H24ClN3O4S/c1-16-4-11-20(12-5-16)33(31,32)28(3)19-9-7-18(8-10-19)24(30)26-15-23(29)27-22-13-6-17(2)14-21(22)25/h4-14H,15H2,1-3H3,(H,26,30)(H,27,29). The lowest BCUT2D eigenvalue weighted by molar-refractivity contribution is -0.115. The number of hydrogen-bond donors (Lipinski definition) is 2. The van der Waals surface area contributed by atoms with Crippen LogP contribution in [0.5, 0.6) is 0 Å². The minimum atomic E-state index is -3.73. The lowest BCUT2D eigenvalue weighted by Gasteiger charge is -2.20. The van der Waals surface area contributed by atoms with Gasteiger partial charge in [0.05, 0.1) is 27.8 Å². The third kappa shape index (κ3) is 5.91. The minimum Gasteiger partial charge on any atom is -0.343 e. The van der Waals surface area contributed by atoms with Crippen LogP contribution in [-0.2, 0) is 14.8 Å². The van der Waals surface area contributed by atoms with Gasteiger partial charge < -0.3 is 10.6 Å². The van der Waals surface area contributed by atoms with Crippen molar-refractivity contribution >= 4 is 44.8 Å². The molecule has 0 saturated heterocycles. The summed E-state index contributed by atoms with van der Waals surface area (Å²) in [5, 5.41) is 5.59. The Labute approximate surface area is 198 Å². The summed E-state index contributed by atoms with van der Waals surface area (Å²) in [5.74, 6) is -0.884. The van der Waals surface area contributed by atoms with Crippen LogP contribution in [-0.4, -0.2) is 33.8 Å². The van der Waals surface area contributed by atoms with E-state index in [0.717, 1.165) is 15.4 Å². The van der Waals surface area contributed by atoms with Crippen molar-refractivity contribution in [2.75, 3.05) is 23.2 Å². The van der Waals surface area contributed by atoms with E-state index in [1.165, 1.54) is 31.3 Å². The molecule has 0 radical (unpaired) electrons. The fourth-order valence-corrected chi connectivity index (χ4v) is 4.49. The van der Waals surface area contributed by atoms with Crippen molar-refractivity contribution < 1.29 is 18.0 Å². The van der Waals surface area contributed by atoms with Crippen molar-refractivity contribution in [1.82, 2.24) is 5.32 Å². The molecule has 0 aromatic heterocycles. The fraction of sp³-hybridized carbons (Fsp3) is 0.167. The van der Waals surface area contributed by atoms with Gasteiger partial charge in [-0.15, -0.1) is 0 Å². The summed E-state index contributed by atoms with van der Waals surface area (Å²) in [4.78, 5) is 24.7. The molecule has 0 aliphatic carbocycles. The van der Waals surface area contributed by atoms with E-state index in [4.69, 9.17) is 11.6 Å². The topological polar surface area (TPSA) is 95.6 Å². The molecule has 0 aliphatic heterocycles. The molecule has 0 fully saturated rings. The summed E-state index contributed by atoms with van der Waals surface area (Å²) < 4.78 is 26.8. The molecule has 33 heavy (non-hydrogen) atoms. The van der Waals surface area contributed by atoms with Gasteiger partial charge in [-0.2, -0.15) is 0 Å². The van der Waals surface area contributed by atoms with Crippen LogP contribution in [0, 0.1) is 13.8 Å². The second kappa shape index (κ2) is 10.1. The van der Waals surface area contributed by atoms with Crippen molar-refractivity contribution in [3.05, 3.63) is 88.4 Å². The molecule has 2 amide bonds. The number of sulfonamides is 1. The highest BCUT2D eigenvalue weighted by molar-refractivity contribution is 7.92. The number of hydrogen-bond acceptors (Lipinski definition) is 4. The molecule has 3 aromatic carbocycles. The lowest BCUT2D eigenvalue weighted by Crippen LogP contribution is -2.33. The first-order chi connectivity index (χ1) is 15.6. The maximum absolute atomic E-state index is 12.8. The molecule has 3 rings (SSSR count). The van der Waals surface area contributed by atoms with Crippen molar-refractivity contribution in [2.45, 2.75) is 18.7 Å². The summed E-state index contributed by atoms with van der Waals surface area (Å²) in [6.07, 6.45) is 0. The smallest absolute Gasteiger partial charge is 0.264 e. The van der Waals surface area contributed by atoms with Gasteiger partial charge in [0.2, 0.25) is 5.91 Å². The number of carbonyl (C=O) groups excluding carboxylic acids is 2. The molecule has 172 valence electrons. The van der Waals surface area contributed by atoms with E-state index in [9.17, 15) is 18.0 Å². The number of carbonyl (C=O) groups is 2. The summed E-state index contributed by atoms with van der Waals surface area (Å²) in [6, 6.07) is 17.9. The molecule has 7 nitrogen and oxygen atoms in total. The maximum Gasteiger partial charge on any atom is 0.264 e. The number of aryl methyl sites for hydroxylation is 2. The first-order valence-corrected chi connectivity index (χ1v) is 11.9. The Hall–Kier alpha value is -3.36. The Morgan fingerprint density at radius 3 is 2.12 bits per heavy atom. The van der Waals surface area contributed by atoms with Gasteiger partial charge in [-0.3, -0.25) is 13.9 Å². The van der Waals surface area contributed by atoms with Crippen molar-refractivity contribution in [3.63, 3.8) is 0 Å².